The lowest BCUT2D eigenvalue weighted by atomic mass is 9.96. The molecular formula is C17H19F2NO2. The highest BCUT2D eigenvalue weighted by Gasteiger charge is 2.24. The van der Waals surface area contributed by atoms with Crippen LogP contribution in [0.3, 0.4) is 0 Å². The molecule has 0 aliphatic heterocycles. The largest absolute Gasteiger partial charge is 0.496 e. The summed E-state index contributed by atoms with van der Waals surface area (Å²) in [6.45, 7) is 1.82. The van der Waals surface area contributed by atoms with Gasteiger partial charge in [0.2, 0.25) is 0 Å². The van der Waals surface area contributed by atoms with Crippen LogP contribution in [0.1, 0.15) is 42.3 Å². The summed E-state index contributed by atoms with van der Waals surface area (Å²) in [6, 6.07) is 7.59. The first-order valence-corrected chi connectivity index (χ1v) is 6.91. The summed E-state index contributed by atoms with van der Waals surface area (Å²) in [5, 5.41) is 0. The number of hydrogen-bond acceptors (Lipinski definition) is 3. The molecule has 0 saturated heterocycles. The Balaban J connectivity index is 0.00000264. The fraction of sp³-hybridized carbons (Fsp3) is 0.235. The van der Waals surface area contributed by atoms with Crippen LogP contribution in [-0.4, -0.2) is 12.9 Å². The fourth-order valence-corrected chi connectivity index (χ4v) is 2.24. The molecular weight excluding hydrogens is 288 g/mol. The lowest BCUT2D eigenvalue weighted by Gasteiger charge is -2.15. The van der Waals surface area contributed by atoms with Crippen LogP contribution >= 0.6 is 0 Å². The van der Waals surface area contributed by atoms with Crippen LogP contribution < -0.4 is 10.5 Å². The summed E-state index contributed by atoms with van der Waals surface area (Å²) in [6.07, 6.45) is 0.525. The second-order valence-corrected chi connectivity index (χ2v) is 4.90. The molecule has 0 bridgehead atoms. The molecule has 0 amide bonds. The van der Waals surface area contributed by atoms with Crippen LogP contribution in [0, 0.1) is 11.6 Å². The first kappa shape index (κ1) is 16.1. The number of methoxy groups -OCH3 is 1. The van der Waals surface area contributed by atoms with E-state index in [9.17, 15) is 13.6 Å². The number of hydrogen-bond donors (Lipinski definition) is 1. The maximum atomic E-state index is 14.7. The van der Waals surface area contributed by atoms with E-state index in [4.69, 9.17) is 10.5 Å². The van der Waals surface area contributed by atoms with Crippen LogP contribution in [0.15, 0.2) is 36.4 Å². The molecule has 0 aliphatic carbocycles. The van der Waals surface area contributed by atoms with E-state index in [1.165, 1.54) is 37.4 Å². The highest BCUT2D eigenvalue weighted by molar-refractivity contribution is 6.11. The van der Waals surface area contributed by atoms with Crippen molar-refractivity contribution in [3.8, 4) is 5.75 Å². The normalized spacial score (nSPS) is 12.0. The van der Waals surface area contributed by atoms with Gasteiger partial charge in [-0.3, -0.25) is 4.79 Å². The van der Waals surface area contributed by atoms with Gasteiger partial charge in [0.1, 0.15) is 22.9 Å². The van der Waals surface area contributed by atoms with E-state index >= 15 is 0 Å². The molecule has 3 nitrogen and oxygen atoms in total. The van der Waals surface area contributed by atoms with Gasteiger partial charge >= 0.3 is 0 Å². The molecule has 0 saturated carbocycles. The highest BCUT2D eigenvalue weighted by atomic mass is 19.1. The van der Waals surface area contributed by atoms with Crippen molar-refractivity contribution < 1.29 is 19.7 Å². The van der Waals surface area contributed by atoms with Crippen molar-refractivity contribution in [3.63, 3.8) is 0 Å². The zero-order valence-electron chi connectivity index (χ0n) is 12.4. The summed E-state index contributed by atoms with van der Waals surface area (Å²) >= 11 is 0. The van der Waals surface area contributed by atoms with Gasteiger partial charge in [-0.2, -0.15) is 0 Å². The number of ether oxygens (including phenoxy) is 1. The Morgan fingerprint density at radius 3 is 2.64 bits per heavy atom. The van der Waals surface area contributed by atoms with Crippen molar-refractivity contribution in [1.29, 1.82) is 0 Å². The quantitative estimate of drug-likeness (QED) is 0.853. The van der Waals surface area contributed by atoms with Gasteiger partial charge in [-0.1, -0.05) is 25.1 Å². The monoisotopic (exact) mass is 307 g/mol. The molecule has 0 aliphatic rings. The number of halogens is 2. The Morgan fingerprint density at radius 1 is 1.32 bits per heavy atom. The number of rotatable bonds is 5. The predicted molar refractivity (Wildman–Crippen MR) is 82.1 cm³/mol. The number of benzene rings is 2. The van der Waals surface area contributed by atoms with Crippen LogP contribution in [-0.2, 0) is 0 Å². The van der Waals surface area contributed by atoms with Gasteiger partial charge in [-0.05, 0) is 24.6 Å². The fourth-order valence-electron chi connectivity index (χ4n) is 2.24. The SMILES string of the molecule is CC[C@@H](N)c1ccc(OC)c(C(=O)c2cccc(F)c2)c1F.[HH]. The Labute approximate surface area is 129 Å². The smallest absolute Gasteiger partial charge is 0.199 e. The van der Waals surface area contributed by atoms with E-state index < -0.39 is 23.5 Å². The Hall–Kier alpha value is -2.27. The lowest BCUT2D eigenvalue weighted by Crippen LogP contribution is -2.15. The summed E-state index contributed by atoms with van der Waals surface area (Å²) in [4.78, 5) is 12.5. The van der Waals surface area contributed by atoms with Gasteiger partial charge in [-0.25, -0.2) is 8.78 Å². The maximum Gasteiger partial charge on any atom is 0.199 e. The Kier molecular flexibility index (Phi) is 4.88. The van der Waals surface area contributed by atoms with Crippen molar-refractivity contribution in [2.24, 2.45) is 5.73 Å². The van der Waals surface area contributed by atoms with Crippen LogP contribution in [0.2, 0.25) is 0 Å². The molecule has 0 spiro atoms. The third-order valence-corrected chi connectivity index (χ3v) is 3.51. The van der Waals surface area contributed by atoms with E-state index in [2.05, 4.69) is 0 Å². The van der Waals surface area contributed by atoms with Crippen LogP contribution in [0.25, 0.3) is 0 Å². The van der Waals surface area contributed by atoms with Crippen molar-refractivity contribution in [2.45, 2.75) is 19.4 Å². The number of ketones is 1. The van der Waals surface area contributed by atoms with E-state index in [1.807, 2.05) is 6.92 Å². The molecule has 0 aromatic heterocycles. The molecule has 1 atom stereocenters. The molecule has 5 heteroatoms. The standard InChI is InChI=1S/C17H17F2NO2.H2/c1-3-13(20)12-7-8-14(22-2)15(16(12)19)17(21)10-5-4-6-11(18)9-10;/h4-9,13H,3,20H2,1-2H3;1H/t13-;/m1./s1. The minimum atomic E-state index is -0.719. The van der Waals surface area contributed by atoms with Gasteiger partial charge in [-0.15, -0.1) is 0 Å². The van der Waals surface area contributed by atoms with Crippen molar-refractivity contribution >= 4 is 5.78 Å². The molecule has 2 rings (SSSR count). The Bertz CT molecular complexity index is 707. The molecule has 0 heterocycles. The van der Waals surface area contributed by atoms with Gasteiger partial charge in [0.15, 0.2) is 5.78 Å². The Morgan fingerprint density at radius 2 is 2.05 bits per heavy atom. The van der Waals surface area contributed by atoms with Crippen LogP contribution in [0.4, 0.5) is 8.78 Å². The van der Waals surface area contributed by atoms with E-state index in [-0.39, 0.29) is 23.9 Å². The topological polar surface area (TPSA) is 52.3 Å². The molecule has 2 aromatic carbocycles. The first-order chi connectivity index (χ1) is 10.5. The number of nitrogens with two attached hydrogens (primary N) is 1. The molecule has 0 radical (unpaired) electrons. The van der Waals surface area contributed by atoms with Gasteiger partial charge in [0, 0.05) is 18.6 Å². The molecule has 0 unspecified atom stereocenters. The van der Waals surface area contributed by atoms with Crippen molar-refractivity contribution in [1.82, 2.24) is 0 Å². The van der Waals surface area contributed by atoms with Crippen LogP contribution in [0.5, 0.6) is 5.75 Å². The third kappa shape index (κ3) is 2.99. The first-order valence-electron chi connectivity index (χ1n) is 6.91. The number of carbonyl (C=O) groups is 1. The molecule has 2 aromatic rings. The second kappa shape index (κ2) is 6.66. The highest BCUT2D eigenvalue weighted by Crippen LogP contribution is 2.30. The summed E-state index contributed by atoms with van der Waals surface area (Å²) in [5.74, 6) is -1.83. The molecule has 118 valence electrons. The van der Waals surface area contributed by atoms with Gasteiger partial charge < -0.3 is 10.5 Å². The van der Waals surface area contributed by atoms with Crippen molar-refractivity contribution in [2.75, 3.05) is 7.11 Å². The zero-order chi connectivity index (χ0) is 16.3. The summed E-state index contributed by atoms with van der Waals surface area (Å²) < 4.78 is 33.1. The molecule has 2 N–H and O–H groups in total. The van der Waals surface area contributed by atoms with Gasteiger partial charge in [0.25, 0.3) is 0 Å². The molecule has 22 heavy (non-hydrogen) atoms. The second-order valence-electron chi connectivity index (χ2n) is 4.90. The summed E-state index contributed by atoms with van der Waals surface area (Å²) in [7, 11) is 1.34. The number of carbonyl (C=O) groups excluding carboxylic acids is 1. The van der Waals surface area contributed by atoms with E-state index in [0.717, 1.165) is 6.07 Å². The average molecular weight is 307 g/mol. The van der Waals surface area contributed by atoms with E-state index in [1.54, 1.807) is 0 Å². The molecule has 0 fully saturated rings. The van der Waals surface area contributed by atoms with E-state index in [0.29, 0.717) is 6.42 Å². The minimum Gasteiger partial charge on any atom is -0.496 e. The maximum absolute atomic E-state index is 14.7. The lowest BCUT2D eigenvalue weighted by molar-refractivity contribution is 0.103. The predicted octanol–water partition coefficient (Wildman–Crippen LogP) is 3.86. The minimum absolute atomic E-state index is 0. The third-order valence-electron chi connectivity index (χ3n) is 3.51. The average Bonchev–Trinajstić information content (AvgIpc) is 2.53. The zero-order valence-corrected chi connectivity index (χ0v) is 12.4. The van der Waals surface area contributed by atoms with Gasteiger partial charge in [0.05, 0.1) is 7.11 Å². The van der Waals surface area contributed by atoms with Crippen molar-refractivity contribution in [3.05, 3.63) is 64.7 Å². The summed E-state index contributed by atoms with van der Waals surface area (Å²) in [5.41, 5.74) is 5.93.